The smallest absolute Gasteiger partial charge is 0.361 e. The number of anilines is 1. The first-order valence-corrected chi connectivity index (χ1v) is 7.14. The van der Waals surface area contributed by atoms with E-state index in [0.29, 0.717) is 18.5 Å². The first-order valence-electron chi connectivity index (χ1n) is 7.14. The fraction of sp³-hybridized carbons (Fsp3) is 0.643. The Balaban J connectivity index is 1.97. The van der Waals surface area contributed by atoms with E-state index >= 15 is 0 Å². The van der Waals surface area contributed by atoms with Crippen LogP contribution in [0.1, 0.15) is 25.8 Å². The van der Waals surface area contributed by atoms with Crippen LogP contribution in [0.5, 0.6) is 0 Å². The minimum Gasteiger partial charge on any atom is -0.361 e. The summed E-state index contributed by atoms with van der Waals surface area (Å²) in [7, 11) is 0. The molecule has 7 heteroatoms. The second-order valence-electron chi connectivity index (χ2n) is 5.92. The summed E-state index contributed by atoms with van der Waals surface area (Å²) in [5, 5.41) is 11.2. The van der Waals surface area contributed by atoms with Crippen LogP contribution >= 0.6 is 0 Å². The Labute approximate surface area is 121 Å². The highest BCUT2D eigenvalue weighted by Crippen LogP contribution is 2.60. The van der Waals surface area contributed by atoms with E-state index in [1.54, 1.807) is 11.0 Å². The number of nitro groups is 1. The Hall–Kier alpha value is -1.79. The number of aromatic nitrogens is 1. The van der Waals surface area contributed by atoms with Crippen molar-refractivity contribution < 1.29 is 13.7 Å². The van der Waals surface area contributed by atoms with E-state index in [1.807, 2.05) is 13.8 Å². The summed E-state index contributed by atoms with van der Waals surface area (Å²) in [6.07, 6.45) is 2.54. The van der Waals surface area contributed by atoms with Crippen molar-refractivity contribution in [2.75, 3.05) is 11.4 Å². The normalized spacial score (nSPS) is 29.9. The third kappa shape index (κ3) is 2.15. The first-order chi connectivity index (χ1) is 9.86. The maximum atomic E-state index is 13.6. The zero-order chi connectivity index (χ0) is 15.4. The number of rotatable bonds is 3. The second kappa shape index (κ2) is 4.61. The molecule has 114 valence electrons. The number of hydrogen-bond acceptors (Lipinski definition) is 4. The molecule has 1 aromatic heterocycles. The van der Waals surface area contributed by atoms with Crippen LogP contribution in [0.25, 0.3) is 0 Å². The molecule has 1 aromatic rings. The zero-order valence-corrected chi connectivity index (χ0v) is 11.9. The molecule has 0 spiro atoms. The monoisotopic (exact) mass is 297 g/mol. The Bertz CT molecular complexity index is 594. The van der Waals surface area contributed by atoms with Crippen molar-refractivity contribution in [3.05, 3.63) is 27.9 Å². The lowest BCUT2D eigenvalue weighted by molar-refractivity contribution is -0.388. The predicted molar refractivity (Wildman–Crippen MR) is 73.6 cm³/mol. The van der Waals surface area contributed by atoms with Crippen LogP contribution in [0, 0.1) is 22.0 Å². The number of halogens is 2. The Morgan fingerprint density at radius 1 is 1.52 bits per heavy atom. The number of nitrogens with zero attached hydrogens (tertiary/aromatic N) is 3. The molecule has 0 bridgehead atoms. The molecule has 1 saturated carbocycles. The molecular formula is C14H17F2N3O2. The molecule has 3 atom stereocenters. The third-order valence-electron chi connectivity index (χ3n) is 4.68. The van der Waals surface area contributed by atoms with Crippen molar-refractivity contribution >= 4 is 11.5 Å². The molecule has 21 heavy (non-hydrogen) atoms. The maximum absolute atomic E-state index is 13.6. The van der Waals surface area contributed by atoms with Crippen molar-refractivity contribution in [3.63, 3.8) is 0 Å². The number of fused-ring (bicyclic) bond motifs is 1. The van der Waals surface area contributed by atoms with Gasteiger partial charge in [0.15, 0.2) is 0 Å². The highest BCUT2D eigenvalue weighted by atomic mass is 19.3. The van der Waals surface area contributed by atoms with Crippen LogP contribution in [-0.2, 0) is 6.42 Å². The largest absolute Gasteiger partial charge is 0.387 e. The van der Waals surface area contributed by atoms with Gasteiger partial charge in [-0.05, 0) is 41.3 Å². The highest BCUT2D eigenvalue weighted by Gasteiger charge is 2.70. The van der Waals surface area contributed by atoms with Gasteiger partial charge >= 0.3 is 5.82 Å². The first kappa shape index (κ1) is 14.2. The molecule has 3 unspecified atom stereocenters. The van der Waals surface area contributed by atoms with Gasteiger partial charge in [0.25, 0.3) is 5.92 Å². The number of aryl methyl sites for hydroxylation is 1. The van der Waals surface area contributed by atoms with Gasteiger partial charge in [-0.2, -0.15) is 0 Å². The van der Waals surface area contributed by atoms with Gasteiger partial charge in [0.1, 0.15) is 11.9 Å². The molecule has 5 nitrogen and oxygen atoms in total. The summed E-state index contributed by atoms with van der Waals surface area (Å²) >= 11 is 0. The average molecular weight is 297 g/mol. The zero-order valence-electron chi connectivity index (χ0n) is 11.9. The lowest BCUT2D eigenvalue weighted by atomic mass is 10.0. The fourth-order valence-electron chi connectivity index (χ4n) is 3.29. The number of pyridine rings is 1. The van der Waals surface area contributed by atoms with Crippen LogP contribution in [0.15, 0.2) is 12.3 Å². The number of alkyl halides is 2. The van der Waals surface area contributed by atoms with Crippen molar-refractivity contribution in [2.24, 2.45) is 11.8 Å². The molecule has 1 aliphatic heterocycles. The van der Waals surface area contributed by atoms with E-state index in [0.717, 1.165) is 5.56 Å². The molecule has 1 aliphatic carbocycles. The van der Waals surface area contributed by atoms with Crippen LogP contribution in [0.2, 0.25) is 0 Å². The van der Waals surface area contributed by atoms with E-state index in [1.165, 1.54) is 6.20 Å². The van der Waals surface area contributed by atoms with E-state index in [4.69, 9.17) is 0 Å². The van der Waals surface area contributed by atoms with E-state index in [-0.39, 0.29) is 18.4 Å². The molecule has 0 aromatic carbocycles. The quantitative estimate of drug-likeness (QED) is 0.635. The van der Waals surface area contributed by atoms with Crippen LogP contribution in [-0.4, -0.2) is 28.4 Å². The van der Waals surface area contributed by atoms with E-state index in [2.05, 4.69) is 4.98 Å². The van der Waals surface area contributed by atoms with Gasteiger partial charge in [-0.25, -0.2) is 8.78 Å². The second-order valence-corrected chi connectivity index (χ2v) is 5.92. The number of hydrogen-bond donors (Lipinski definition) is 0. The van der Waals surface area contributed by atoms with E-state index in [9.17, 15) is 18.9 Å². The molecule has 2 aliphatic rings. The summed E-state index contributed by atoms with van der Waals surface area (Å²) < 4.78 is 27.2. The predicted octanol–water partition coefficient (Wildman–Crippen LogP) is 3.03. The van der Waals surface area contributed by atoms with Crippen LogP contribution in [0.3, 0.4) is 0 Å². The summed E-state index contributed by atoms with van der Waals surface area (Å²) in [5.41, 5.74) is 1.24. The molecule has 2 heterocycles. The highest BCUT2D eigenvalue weighted by molar-refractivity contribution is 5.62. The SMILES string of the molecule is CCc1cnc([N+](=O)[O-])c(N2CC3C(CC2C)C3(F)F)c1. The standard InChI is InChI=1S/C14H17F2N3O2/c1-3-9-5-12(13(17-6-9)19(20)21)18-7-11-10(4-8(18)2)14(11,15)16/h5-6,8,10-11H,3-4,7H2,1-2H3. The summed E-state index contributed by atoms with van der Waals surface area (Å²) in [6, 6.07) is 1.56. The maximum Gasteiger partial charge on any atom is 0.387 e. The molecule has 0 N–H and O–H groups in total. The average Bonchev–Trinajstić information content (AvgIpc) is 2.97. The summed E-state index contributed by atoms with van der Waals surface area (Å²) in [4.78, 5) is 16.2. The van der Waals surface area contributed by atoms with Gasteiger partial charge in [-0.3, -0.25) is 0 Å². The summed E-state index contributed by atoms with van der Waals surface area (Å²) in [6.45, 7) is 3.93. The van der Waals surface area contributed by atoms with Crippen molar-refractivity contribution in [1.82, 2.24) is 4.98 Å². The van der Waals surface area contributed by atoms with Gasteiger partial charge in [0.05, 0.1) is 0 Å². The van der Waals surface area contributed by atoms with Crippen molar-refractivity contribution in [2.45, 2.75) is 38.7 Å². The fourth-order valence-corrected chi connectivity index (χ4v) is 3.29. The van der Waals surface area contributed by atoms with Gasteiger partial charge in [-0.1, -0.05) is 6.92 Å². The topological polar surface area (TPSA) is 59.3 Å². The minimum atomic E-state index is -2.62. The number of piperidine rings is 1. The molecule has 0 amide bonds. The van der Waals surface area contributed by atoms with Crippen molar-refractivity contribution in [3.8, 4) is 0 Å². The molecule has 1 saturated heterocycles. The van der Waals surface area contributed by atoms with Gasteiger partial charge in [0.2, 0.25) is 0 Å². The lowest BCUT2D eigenvalue weighted by Gasteiger charge is -2.33. The minimum absolute atomic E-state index is 0.146. The molecule has 3 rings (SSSR count). The molecule has 2 fully saturated rings. The Morgan fingerprint density at radius 2 is 2.24 bits per heavy atom. The Kier molecular flexibility index (Phi) is 3.11. The van der Waals surface area contributed by atoms with Crippen LogP contribution in [0.4, 0.5) is 20.3 Å². The van der Waals surface area contributed by atoms with E-state index < -0.39 is 22.7 Å². The van der Waals surface area contributed by atoms with Gasteiger partial charge in [0, 0.05) is 24.4 Å². The van der Waals surface area contributed by atoms with Gasteiger partial charge < -0.3 is 15.0 Å². The van der Waals surface area contributed by atoms with Crippen molar-refractivity contribution in [1.29, 1.82) is 0 Å². The molecular weight excluding hydrogens is 280 g/mol. The van der Waals surface area contributed by atoms with Gasteiger partial charge in [-0.15, -0.1) is 0 Å². The third-order valence-corrected chi connectivity index (χ3v) is 4.68. The lowest BCUT2D eigenvalue weighted by Crippen LogP contribution is -2.39. The Morgan fingerprint density at radius 3 is 2.86 bits per heavy atom. The van der Waals surface area contributed by atoms with Crippen LogP contribution < -0.4 is 4.90 Å². The molecule has 0 radical (unpaired) electrons. The summed E-state index contributed by atoms with van der Waals surface area (Å²) in [5.74, 6) is -4.11.